The first-order chi connectivity index (χ1) is 15.3. The fourth-order valence-corrected chi connectivity index (χ4v) is 3.60. The van der Waals surface area contributed by atoms with E-state index in [4.69, 9.17) is 10.1 Å². The smallest absolute Gasteiger partial charge is 0.212 e. The number of nitrogens with one attached hydrogen (secondary N) is 2. The van der Waals surface area contributed by atoms with Gasteiger partial charge in [-0.15, -0.1) is 0 Å². The Hall–Kier alpha value is -3.63. The molecule has 0 amide bonds. The van der Waals surface area contributed by atoms with Crippen molar-refractivity contribution in [2.45, 2.75) is 19.6 Å². The molecule has 1 aromatic heterocycles. The normalized spacial score (nSPS) is 12.3. The summed E-state index contributed by atoms with van der Waals surface area (Å²) in [5.74, 6) is -0.914. The Morgan fingerprint density at radius 1 is 1.31 bits per heavy atom. The maximum Gasteiger partial charge on any atom is 0.212 e. The van der Waals surface area contributed by atoms with Crippen molar-refractivity contribution in [3.05, 3.63) is 71.4 Å². The van der Waals surface area contributed by atoms with Gasteiger partial charge in [0.2, 0.25) is 5.78 Å². The number of ketones is 1. The maximum atomic E-state index is 14.3. The molecule has 166 valence electrons. The third kappa shape index (κ3) is 5.16. The Bertz CT molecular complexity index is 1150. The molecule has 1 heterocycles. The Morgan fingerprint density at radius 3 is 2.72 bits per heavy atom. The minimum atomic E-state index is -1.27. The molecule has 0 spiro atoms. The Morgan fingerprint density at radius 2 is 2.06 bits per heavy atom. The molecular formula is C22H21FN4O4S. The number of allylic oxidation sites excluding steroid dienone is 1. The van der Waals surface area contributed by atoms with Gasteiger partial charge < -0.3 is 25.7 Å². The van der Waals surface area contributed by atoms with E-state index in [9.17, 15) is 19.4 Å². The van der Waals surface area contributed by atoms with Crippen LogP contribution in [0.5, 0.6) is 5.75 Å². The van der Waals surface area contributed by atoms with Crippen LogP contribution in [0, 0.1) is 11.2 Å². The van der Waals surface area contributed by atoms with Gasteiger partial charge in [-0.3, -0.25) is 4.79 Å². The number of carbonyl (C=O) groups excluding carboxylic acids is 1. The average molecular weight is 456 g/mol. The summed E-state index contributed by atoms with van der Waals surface area (Å²) >= 11 is 0.756. The highest BCUT2D eigenvalue weighted by atomic mass is 32.1. The van der Waals surface area contributed by atoms with Gasteiger partial charge in [-0.05, 0) is 42.8 Å². The number of Topliss-reactive ketones (excluding diaryl/α,β-unsaturated/α-hetero) is 1. The fourth-order valence-electron chi connectivity index (χ4n) is 3.03. The van der Waals surface area contributed by atoms with E-state index >= 15 is 0 Å². The zero-order valence-corrected chi connectivity index (χ0v) is 18.1. The predicted octanol–water partition coefficient (Wildman–Crippen LogP) is 3.99. The summed E-state index contributed by atoms with van der Waals surface area (Å²) in [6.45, 7) is 1.12. The van der Waals surface area contributed by atoms with Crippen LogP contribution in [0.25, 0.3) is 11.3 Å². The van der Waals surface area contributed by atoms with Crippen LogP contribution in [0.3, 0.4) is 0 Å². The Balaban J connectivity index is 2.04. The highest BCUT2D eigenvalue weighted by Gasteiger charge is 2.30. The number of aliphatic hydroxyl groups is 2. The summed E-state index contributed by atoms with van der Waals surface area (Å²) in [5, 5.41) is 30.4. The van der Waals surface area contributed by atoms with Gasteiger partial charge in [0.15, 0.2) is 5.69 Å². The van der Waals surface area contributed by atoms with Gasteiger partial charge in [0.05, 0.1) is 36.9 Å². The van der Waals surface area contributed by atoms with Gasteiger partial charge in [-0.2, -0.15) is 8.75 Å². The number of benzene rings is 2. The number of nitrogens with zero attached hydrogens (tertiary/aromatic N) is 2. The molecule has 1 unspecified atom stereocenters. The number of anilines is 1. The van der Waals surface area contributed by atoms with Crippen molar-refractivity contribution in [3.63, 3.8) is 0 Å². The molecule has 32 heavy (non-hydrogen) atoms. The molecule has 3 rings (SSSR count). The van der Waals surface area contributed by atoms with Crippen molar-refractivity contribution < 1.29 is 24.1 Å². The number of ether oxygens (including phenoxy) is 1. The van der Waals surface area contributed by atoms with Crippen LogP contribution in [0.15, 0.2) is 54.3 Å². The van der Waals surface area contributed by atoms with Crippen LogP contribution in [0.4, 0.5) is 10.1 Å². The van der Waals surface area contributed by atoms with Crippen LogP contribution < -0.4 is 10.1 Å². The first-order valence-electron chi connectivity index (χ1n) is 9.46. The fraction of sp³-hybridized carbons (Fsp3) is 0.182. The number of methoxy groups -OCH3 is 1. The highest BCUT2D eigenvalue weighted by molar-refractivity contribution is 6.99. The van der Waals surface area contributed by atoms with Crippen LogP contribution in [0.2, 0.25) is 0 Å². The number of rotatable bonds is 9. The highest BCUT2D eigenvalue weighted by Crippen LogP contribution is 2.27. The lowest BCUT2D eigenvalue weighted by Gasteiger charge is -2.19. The van der Waals surface area contributed by atoms with E-state index in [-0.39, 0.29) is 35.0 Å². The topological polar surface area (TPSA) is 128 Å². The number of hydrogen-bond acceptors (Lipinski definition) is 9. The summed E-state index contributed by atoms with van der Waals surface area (Å²) in [6.07, 6.45) is 1.13. The van der Waals surface area contributed by atoms with Gasteiger partial charge in [0.1, 0.15) is 23.3 Å². The zero-order valence-electron chi connectivity index (χ0n) is 17.3. The first kappa shape index (κ1) is 23.0. The number of halogens is 1. The lowest BCUT2D eigenvalue weighted by molar-refractivity contribution is 0.0987. The Kier molecular flexibility index (Phi) is 7.29. The molecule has 0 saturated heterocycles. The van der Waals surface area contributed by atoms with Gasteiger partial charge in [0.25, 0.3) is 0 Å². The molecule has 0 radical (unpaired) electrons. The van der Waals surface area contributed by atoms with E-state index in [2.05, 4.69) is 14.1 Å². The van der Waals surface area contributed by atoms with E-state index in [0.717, 1.165) is 17.8 Å². The number of aromatic nitrogens is 2. The van der Waals surface area contributed by atoms with Crippen molar-refractivity contribution in [1.82, 2.24) is 8.75 Å². The lowest BCUT2D eigenvalue weighted by Crippen LogP contribution is -2.37. The van der Waals surface area contributed by atoms with E-state index < -0.39 is 17.6 Å². The third-order valence-corrected chi connectivity index (χ3v) is 5.01. The molecular weight excluding hydrogens is 435 g/mol. The summed E-state index contributed by atoms with van der Waals surface area (Å²) in [6, 6.07) is 9.44. The second-order valence-electron chi connectivity index (χ2n) is 6.85. The van der Waals surface area contributed by atoms with Crippen molar-refractivity contribution in [3.8, 4) is 17.0 Å². The van der Waals surface area contributed by atoms with Crippen molar-refractivity contribution in [1.29, 1.82) is 5.41 Å². The molecule has 1 atom stereocenters. The quantitative estimate of drug-likeness (QED) is 0.218. The van der Waals surface area contributed by atoms with E-state index in [1.807, 2.05) is 0 Å². The third-order valence-electron chi connectivity index (χ3n) is 4.48. The van der Waals surface area contributed by atoms with Crippen LogP contribution in [0.1, 0.15) is 23.0 Å². The molecule has 0 aliphatic heterocycles. The summed E-state index contributed by atoms with van der Waals surface area (Å²) in [4.78, 5) is 13.4. The van der Waals surface area contributed by atoms with E-state index in [1.165, 1.54) is 32.2 Å². The minimum Gasteiger partial charge on any atom is -0.513 e. The number of carbonyl (C=O) groups is 1. The lowest BCUT2D eigenvalue weighted by atomic mass is 9.99. The van der Waals surface area contributed by atoms with Gasteiger partial charge in [0, 0.05) is 17.3 Å². The molecule has 0 saturated carbocycles. The second-order valence-corrected chi connectivity index (χ2v) is 7.38. The van der Waals surface area contributed by atoms with Crippen LogP contribution in [-0.4, -0.2) is 43.6 Å². The van der Waals surface area contributed by atoms with Crippen molar-refractivity contribution in [2.24, 2.45) is 0 Å². The molecule has 3 aromatic rings. The van der Waals surface area contributed by atoms with Crippen molar-refractivity contribution in [2.75, 3.05) is 12.4 Å². The standard InChI is InChI=1S/C22H21FN4O4S/c1-12(29)7-18(24)20(25-14-8-13(11-28)9-15(10-14)31-2)22(30)21-19(26-32-27-21)16-5-3-4-6-17(16)23/h3-10,20,24-25,28-29H,11H2,1-2H3/b12-7-,24-18?. The molecule has 0 fully saturated rings. The second kappa shape index (κ2) is 10.1. The largest absolute Gasteiger partial charge is 0.513 e. The van der Waals surface area contributed by atoms with Crippen LogP contribution >= 0.6 is 11.7 Å². The van der Waals surface area contributed by atoms with Gasteiger partial charge in [-0.1, -0.05) is 12.1 Å². The SMILES string of the molecule is COc1cc(CO)cc(NC(C(=N)/C=C(/C)O)C(=O)c2nsnc2-c2ccccc2F)c1. The molecule has 0 bridgehead atoms. The molecule has 2 aromatic carbocycles. The van der Waals surface area contributed by atoms with E-state index in [0.29, 0.717) is 17.0 Å². The minimum absolute atomic E-state index is 0.0732. The summed E-state index contributed by atoms with van der Waals surface area (Å²) < 4.78 is 27.7. The molecule has 10 heteroatoms. The summed E-state index contributed by atoms with van der Waals surface area (Å²) in [5.41, 5.74) is 0.779. The molecule has 4 N–H and O–H groups in total. The maximum absolute atomic E-state index is 14.3. The Labute approximate surface area is 187 Å². The molecule has 0 aliphatic carbocycles. The summed E-state index contributed by atoms with van der Waals surface area (Å²) in [7, 11) is 1.46. The molecule has 8 nitrogen and oxygen atoms in total. The van der Waals surface area contributed by atoms with Gasteiger partial charge >= 0.3 is 0 Å². The number of aliphatic hydroxyl groups excluding tert-OH is 2. The zero-order chi connectivity index (χ0) is 23.3. The van der Waals surface area contributed by atoms with Gasteiger partial charge in [-0.25, -0.2) is 4.39 Å². The first-order valence-corrected chi connectivity index (χ1v) is 10.2. The van der Waals surface area contributed by atoms with Crippen molar-refractivity contribution >= 4 is 28.9 Å². The number of hydrogen-bond donors (Lipinski definition) is 4. The average Bonchev–Trinajstić information content (AvgIpc) is 3.26. The van der Waals surface area contributed by atoms with E-state index in [1.54, 1.807) is 24.3 Å². The van der Waals surface area contributed by atoms with Crippen LogP contribution in [-0.2, 0) is 6.61 Å². The predicted molar refractivity (Wildman–Crippen MR) is 120 cm³/mol. The monoisotopic (exact) mass is 456 g/mol. The molecule has 0 aliphatic rings.